The Morgan fingerprint density at radius 1 is 1.23 bits per heavy atom. The second kappa shape index (κ2) is 8.92. The van der Waals surface area contributed by atoms with Gasteiger partial charge in [-0.25, -0.2) is 17.9 Å². The van der Waals surface area contributed by atoms with Crippen LogP contribution in [0.5, 0.6) is 0 Å². The molecule has 164 valence electrons. The van der Waals surface area contributed by atoms with Crippen molar-refractivity contribution >= 4 is 27.5 Å². The highest BCUT2D eigenvalue weighted by atomic mass is 32.2. The van der Waals surface area contributed by atoms with E-state index < -0.39 is 32.1 Å². The van der Waals surface area contributed by atoms with Crippen LogP contribution in [0.25, 0.3) is 5.69 Å². The summed E-state index contributed by atoms with van der Waals surface area (Å²) in [6.45, 7) is 1.50. The first-order chi connectivity index (χ1) is 14.3. The summed E-state index contributed by atoms with van der Waals surface area (Å²) in [5.41, 5.74) is -0.521. The predicted molar refractivity (Wildman–Crippen MR) is 109 cm³/mol. The Balaban J connectivity index is 0.000000233. The van der Waals surface area contributed by atoms with Crippen LogP contribution in [0, 0.1) is 15.5 Å². The zero-order valence-electron chi connectivity index (χ0n) is 16.5. The first-order valence-electron chi connectivity index (χ1n) is 8.68. The van der Waals surface area contributed by atoms with Crippen molar-refractivity contribution in [3.8, 4) is 5.69 Å². The van der Waals surface area contributed by atoms with E-state index in [4.69, 9.17) is 10.2 Å². The predicted octanol–water partition coefficient (Wildman–Crippen LogP) is 2.23. The standard InChI is InChI=1S/C10H9N3O4S.C9H10O4/c1-18(16,17)10-4-2-8(3-5-10)12-7-9(6-11-12)13(14)15;1-9(8(12)13)4-2-3-6(5-9)7(10)11/h2-7H,1H3;2-4H,5H2,1H3,(H,10,11)(H,12,13). The number of carboxylic acid groups (broad SMARTS) is 2. The van der Waals surface area contributed by atoms with E-state index in [0.717, 1.165) is 12.5 Å². The largest absolute Gasteiger partial charge is 0.481 e. The van der Waals surface area contributed by atoms with Gasteiger partial charge in [-0.05, 0) is 37.6 Å². The van der Waals surface area contributed by atoms with Crippen LogP contribution in [-0.2, 0) is 19.4 Å². The van der Waals surface area contributed by atoms with Crippen molar-refractivity contribution in [2.45, 2.75) is 18.2 Å². The zero-order valence-corrected chi connectivity index (χ0v) is 17.3. The molecule has 1 aliphatic rings. The molecular weight excluding hydrogens is 430 g/mol. The van der Waals surface area contributed by atoms with Gasteiger partial charge in [0.15, 0.2) is 9.84 Å². The number of nitro groups is 1. The summed E-state index contributed by atoms with van der Waals surface area (Å²) in [6.07, 6.45) is 7.94. The van der Waals surface area contributed by atoms with Gasteiger partial charge in [0.05, 0.1) is 20.9 Å². The smallest absolute Gasteiger partial charge is 0.331 e. The second-order valence-corrected chi connectivity index (χ2v) is 8.94. The zero-order chi connectivity index (χ0) is 23.4. The first kappa shape index (κ1) is 23.5. The van der Waals surface area contributed by atoms with Gasteiger partial charge < -0.3 is 10.2 Å². The highest BCUT2D eigenvalue weighted by Gasteiger charge is 2.34. The van der Waals surface area contributed by atoms with Gasteiger partial charge in [-0.15, -0.1) is 0 Å². The third-order valence-corrected chi connectivity index (χ3v) is 5.52. The second-order valence-electron chi connectivity index (χ2n) is 6.92. The molecule has 1 aliphatic carbocycles. The Morgan fingerprint density at radius 3 is 2.29 bits per heavy atom. The number of rotatable bonds is 5. The lowest BCUT2D eigenvalue weighted by atomic mass is 9.80. The van der Waals surface area contributed by atoms with E-state index in [1.165, 1.54) is 60.3 Å². The minimum Gasteiger partial charge on any atom is -0.481 e. The molecule has 11 nitrogen and oxygen atoms in total. The molecule has 12 heteroatoms. The monoisotopic (exact) mass is 449 g/mol. The fourth-order valence-electron chi connectivity index (χ4n) is 2.58. The molecule has 1 heterocycles. The lowest BCUT2D eigenvalue weighted by Gasteiger charge is -2.23. The van der Waals surface area contributed by atoms with Gasteiger partial charge in [0.2, 0.25) is 0 Å². The van der Waals surface area contributed by atoms with E-state index in [-0.39, 0.29) is 22.6 Å². The Hall–Kier alpha value is -3.80. The maximum absolute atomic E-state index is 11.3. The van der Waals surface area contributed by atoms with Crippen LogP contribution >= 0.6 is 0 Å². The number of allylic oxidation sites excluding steroid dienone is 2. The topological polar surface area (TPSA) is 170 Å². The van der Waals surface area contributed by atoms with Gasteiger partial charge in [0.1, 0.15) is 12.4 Å². The van der Waals surface area contributed by atoms with E-state index in [1.54, 1.807) is 0 Å². The SMILES string of the molecule is CC1(C(=O)O)C=CC=C(C(=O)O)C1.CS(=O)(=O)c1ccc(-n2cc([N+](=O)[O-])cn2)cc1. The van der Waals surface area contributed by atoms with Gasteiger partial charge in [-0.1, -0.05) is 18.2 Å². The number of carbonyl (C=O) groups is 2. The molecular formula is C19H19N3O8S. The first-order valence-corrected chi connectivity index (χ1v) is 10.6. The van der Waals surface area contributed by atoms with Crippen molar-refractivity contribution in [1.82, 2.24) is 9.78 Å². The van der Waals surface area contributed by atoms with Crippen LogP contribution in [0.3, 0.4) is 0 Å². The van der Waals surface area contributed by atoms with Gasteiger partial charge in [0.25, 0.3) is 0 Å². The molecule has 0 saturated carbocycles. The lowest BCUT2D eigenvalue weighted by molar-refractivity contribution is -0.384. The molecule has 0 bridgehead atoms. The summed E-state index contributed by atoms with van der Waals surface area (Å²) in [7, 11) is -3.25. The number of carboxylic acids is 2. The van der Waals surface area contributed by atoms with Gasteiger partial charge in [0, 0.05) is 11.8 Å². The molecule has 3 rings (SSSR count). The number of hydrogen-bond donors (Lipinski definition) is 2. The molecule has 1 atom stereocenters. The summed E-state index contributed by atoms with van der Waals surface area (Å²) in [5, 5.41) is 31.8. The number of hydrogen-bond acceptors (Lipinski definition) is 7. The molecule has 0 radical (unpaired) electrons. The molecule has 1 unspecified atom stereocenters. The Morgan fingerprint density at radius 2 is 1.84 bits per heavy atom. The Kier molecular flexibility index (Phi) is 6.75. The molecule has 0 spiro atoms. The number of aromatic nitrogens is 2. The molecule has 2 N–H and O–H groups in total. The third-order valence-electron chi connectivity index (χ3n) is 4.39. The highest BCUT2D eigenvalue weighted by Crippen LogP contribution is 2.31. The maximum Gasteiger partial charge on any atom is 0.331 e. The number of aliphatic carboxylic acids is 2. The molecule has 31 heavy (non-hydrogen) atoms. The molecule has 0 fully saturated rings. The summed E-state index contributed by atoms with van der Waals surface area (Å²) < 4.78 is 23.8. The number of benzene rings is 1. The van der Waals surface area contributed by atoms with Crippen LogP contribution < -0.4 is 0 Å². The molecule has 0 amide bonds. The summed E-state index contributed by atoms with van der Waals surface area (Å²) in [6, 6.07) is 5.93. The Bertz CT molecular complexity index is 1180. The molecule has 2 aromatic rings. The lowest BCUT2D eigenvalue weighted by Crippen LogP contribution is -2.28. The molecule has 1 aromatic carbocycles. The van der Waals surface area contributed by atoms with E-state index in [0.29, 0.717) is 5.69 Å². The van der Waals surface area contributed by atoms with Crippen LogP contribution in [0.2, 0.25) is 0 Å². The van der Waals surface area contributed by atoms with Gasteiger partial charge in [-0.2, -0.15) is 5.10 Å². The fourth-order valence-corrected chi connectivity index (χ4v) is 3.21. The van der Waals surface area contributed by atoms with Crippen molar-refractivity contribution < 1.29 is 33.1 Å². The van der Waals surface area contributed by atoms with Crippen LogP contribution in [0.15, 0.2) is 65.4 Å². The maximum atomic E-state index is 11.3. The van der Waals surface area contributed by atoms with E-state index in [1.807, 2.05) is 0 Å². The number of sulfone groups is 1. The van der Waals surface area contributed by atoms with Gasteiger partial charge >= 0.3 is 17.6 Å². The molecule has 0 saturated heterocycles. The minimum atomic E-state index is -3.25. The minimum absolute atomic E-state index is 0.0359. The quantitative estimate of drug-likeness (QED) is 0.513. The highest BCUT2D eigenvalue weighted by molar-refractivity contribution is 7.90. The van der Waals surface area contributed by atoms with Crippen LogP contribution in [0.1, 0.15) is 13.3 Å². The third kappa shape index (κ3) is 5.85. The normalized spacial score (nSPS) is 17.8. The van der Waals surface area contributed by atoms with Crippen LogP contribution in [0.4, 0.5) is 5.69 Å². The summed E-state index contributed by atoms with van der Waals surface area (Å²) in [5.74, 6) is -2.06. The number of nitrogens with zero attached hydrogens (tertiary/aromatic N) is 3. The average molecular weight is 449 g/mol. The van der Waals surface area contributed by atoms with E-state index in [2.05, 4.69) is 5.10 Å². The van der Waals surface area contributed by atoms with Crippen molar-refractivity contribution in [3.63, 3.8) is 0 Å². The van der Waals surface area contributed by atoms with Crippen molar-refractivity contribution in [2.75, 3.05) is 6.26 Å². The van der Waals surface area contributed by atoms with E-state index >= 15 is 0 Å². The summed E-state index contributed by atoms with van der Waals surface area (Å²) >= 11 is 0. The van der Waals surface area contributed by atoms with Gasteiger partial charge in [-0.3, -0.25) is 14.9 Å². The van der Waals surface area contributed by atoms with Crippen molar-refractivity contribution in [1.29, 1.82) is 0 Å². The fraction of sp³-hybridized carbons (Fsp3) is 0.211. The summed E-state index contributed by atoms with van der Waals surface area (Å²) in [4.78, 5) is 31.5. The average Bonchev–Trinajstić information content (AvgIpc) is 3.18. The molecule has 0 aliphatic heterocycles. The van der Waals surface area contributed by atoms with Crippen molar-refractivity contribution in [3.05, 3.63) is 70.6 Å². The van der Waals surface area contributed by atoms with Crippen LogP contribution in [-0.4, -0.2) is 51.5 Å². The van der Waals surface area contributed by atoms with Crippen molar-refractivity contribution in [2.24, 2.45) is 5.41 Å². The van der Waals surface area contributed by atoms with E-state index in [9.17, 15) is 28.1 Å². The Labute approximate surface area is 177 Å². The molecule has 1 aromatic heterocycles.